The average molecular weight is 559 g/mol. The number of hydrogen-bond acceptors (Lipinski definition) is 6. The summed E-state index contributed by atoms with van der Waals surface area (Å²) in [4.78, 5) is 45.5. The van der Waals surface area contributed by atoms with Gasteiger partial charge in [0.1, 0.15) is 17.6 Å². The van der Waals surface area contributed by atoms with Gasteiger partial charge in [0, 0.05) is 6.54 Å². The van der Waals surface area contributed by atoms with Crippen LogP contribution in [0.1, 0.15) is 46.5 Å². The predicted octanol–water partition coefficient (Wildman–Crippen LogP) is 4.15. The lowest BCUT2D eigenvalue weighted by Crippen LogP contribution is -2.60. The largest absolute Gasteiger partial charge is 0.465 e. The molecule has 8 nitrogen and oxygen atoms in total. The summed E-state index contributed by atoms with van der Waals surface area (Å²) < 4.78 is 12.4. The molecule has 9 heteroatoms. The SMILES string of the molecule is C=CCCOC(=O)[C@H]1[C@H]2C(=O)N([C@@H](CO)C(C)C)C(C(=O)N(CC=C)c3ccccc3Cl)C23CC[C@]1(CC)O3. The van der Waals surface area contributed by atoms with Crippen LogP contribution in [0.5, 0.6) is 0 Å². The number of amides is 2. The molecule has 2 bridgehead atoms. The number of aliphatic hydroxyl groups excluding tert-OH is 1. The standard InChI is InChI=1S/C30H39ClN2O6/c1-6-9-17-38-28(37)24-23-26(35)33(22(18-34)19(4)5)25(30(23)15-14-29(24,8-3)39-30)27(36)32(16-7-2)21-13-11-10-12-20(21)31/h6-7,10-13,19,22-25,34H,1-2,8-9,14-18H2,3-5H3/t22-,23-,24+,25?,29-,30?/m0/s1. The van der Waals surface area contributed by atoms with Gasteiger partial charge in [-0.15, -0.1) is 13.2 Å². The first kappa shape index (κ1) is 29.3. The molecular formula is C30H39ClN2O6. The van der Waals surface area contributed by atoms with Crippen LogP contribution < -0.4 is 4.90 Å². The quantitative estimate of drug-likeness (QED) is 0.235. The van der Waals surface area contributed by atoms with E-state index in [9.17, 15) is 19.5 Å². The zero-order valence-corrected chi connectivity index (χ0v) is 23.7. The van der Waals surface area contributed by atoms with Gasteiger partial charge in [0.25, 0.3) is 5.91 Å². The molecule has 3 heterocycles. The molecular weight excluding hydrogens is 520 g/mol. The number of carbonyl (C=O) groups is 3. The molecule has 2 unspecified atom stereocenters. The molecule has 1 spiro atoms. The van der Waals surface area contributed by atoms with Gasteiger partial charge in [-0.2, -0.15) is 0 Å². The van der Waals surface area contributed by atoms with Crippen molar-refractivity contribution in [1.29, 1.82) is 0 Å². The number of ether oxygens (including phenoxy) is 2. The van der Waals surface area contributed by atoms with Gasteiger partial charge in [-0.05, 0) is 43.7 Å². The smallest absolute Gasteiger partial charge is 0.312 e. The Hall–Kier alpha value is -2.68. The Morgan fingerprint density at radius 2 is 2.00 bits per heavy atom. The van der Waals surface area contributed by atoms with Crippen molar-refractivity contribution in [2.75, 3.05) is 24.7 Å². The van der Waals surface area contributed by atoms with Crippen LogP contribution in [0.3, 0.4) is 0 Å². The van der Waals surface area contributed by atoms with E-state index in [1.54, 1.807) is 36.4 Å². The second-order valence-corrected chi connectivity index (χ2v) is 11.4. The molecule has 6 atom stereocenters. The molecule has 0 radical (unpaired) electrons. The molecule has 3 aliphatic heterocycles. The highest BCUT2D eigenvalue weighted by Crippen LogP contribution is 2.65. The van der Waals surface area contributed by atoms with Crippen LogP contribution >= 0.6 is 11.6 Å². The fraction of sp³-hybridized carbons (Fsp3) is 0.567. The van der Waals surface area contributed by atoms with Crippen molar-refractivity contribution < 1.29 is 29.0 Å². The lowest BCUT2D eigenvalue weighted by molar-refractivity contribution is -0.162. The van der Waals surface area contributed by atoms with Crippen LogP contribution in [0.15, 0.2) is 49.6 Å². The summed E-state index contributed by atoms with van der Waals surface area (Å²) in [6.07, 6.45) is 5.20. The van der Waals surface area contributed by atoms with Crippen molar-refractivity contribution in [2.45, 2.75) is 69.7 Å². The highest BCUT2D eigenvalue weighted by Gasteiger charge is 2.79. The average Bonchev–Trinajstić information content (AvgIpc) is 3.52. The van der Waals surface area contributed by atoms with Gasteiger partial charge < -0.3 is 24.4 Å². The predicted molar refractivity (Wildman–Crippen MR) is 149 cm³/mol. The molecule has 1 N–H and O–H groups in total. The molecule has 1 aromatic rings. The van der Waals surface area contributed by atoms with Crippen LogP contribution in [0.4, 0.5) is 5.69 Å². The van der Waals surface area contributed by atoms with Crippen molar-refractivity contribution >= 4 is 35.1 Å². The number of esters is 1. The number of rotatable bonds is 12. The molecule has 0 saturated carbocycles. The van der Waals surface area contributed by atoms with E-state index in [4.69, 9.17) is 21.1 Å². The van der Waals surface area contributed by atoms with Crippen LogP contribution in [0.2, 0.25) is 5.02 Å². The maximum absolute atomic E-state index is 14.6. The lowest BCUT2D eigenvalue weighted by Gasteiger charge is -2.40. The second kappa shape index (κ2) is 11.4. The van der Waals surface area contributed by atoms with E-state index in [2.05, 4.69) is 13.2 Å². The Kier molecular flexibility index (Phi) is 8.59. The van der Waals surface area contributed by atoms with E-state index < -0.39 is 41.1 Å². The Bertz CT molecular complexity index is 1140. The molecule has 0 aromatic heterocycles. The third-order valence-corrected chi connectivity index (χ3v) is 9.03. The van der Waals surface area contributed by atoms with Crippen LogP contribution in [-0.4, -0.2) is 70.8 Å². The summed E-state index contributed by atoms with van der Waals surface area (Å²) in [5.74, 6) is -3.15. The van der Waals surface area contributed by atoms with Crippen molar-refractivity contribution in [3.8, 4) is 0 Å². The zero-order valence-electron chi connectivity index (χ0n) is 23.0. The van der Waals surface area contributed by atoms with Crippen molar-refractivity contribution in [1.82, 2.24) is 4.90 Å². The molecule has 39 heavy (non-hydrogen) atoms. The van der Waals surface area contributed by atoms with E-state index in [-0.39, 0.29) is 37.5 Å². The van der Waals surface area contributed by atoms with Gasteiger partial charge in [-0.3, -0.25) is 14.4 Å². The van der Waals surface area contributed by atoms with E-state index in [1.807, 2.05) is 20.8 Å². The van der Waals surface area contributed by atoms with Crippen LogP contribution in [0.25, 0.3) is 0 Å². The minimum absolute atomic E-state index is 0.152. The van der Waals surface area contributed by atoms with Gasteiger partial charge in [0.2, 0.25) is 5.91 Å². The normalized spacial score (nSPS) is 29.8. The second-order valence-electron chi connectivity index (χ2n) is 11.0. The number of carbonyl (C=O) groups excluding carboxylic acids is 3. The number of likely N-dealkylation sites (tertiary alicyclic amines) is 1. The fourth-order valence-electron chi connectivity index (χ4n) is 6.86. The summed E-state index contributed by atoms with van der Waals surface area (Å²) >= 11 is 6.52. The van der Waals surface area contributed by atoms with E-state index in [1.165, 1.54) is 9.80 Å². The van der Waals surface area contributed by atoms with Crippen molar-refractivity contribution in [3.05, 3.63) is 54.6 Å². The number of aliphatic hydroxyl groups is 1. The first-order valence-electron chi connectivity index (χ1n) is 13.7. The van der Waals surface area contributed by atoms with Gasteiger partial charge in [-0.1, -0.05) is 56.7 Å². The van der Waals surface area contributed by atoms with Gasteiger partial charge >= 0.3 is 5.97 Å². The Balaban J connectivity index is 1.86. The minimum Gasteiger partial charge on any atom is -0.465 e. The number of fused-ring (bicyclic) bond motifs is 1. The zero-order chi connectivity index (χ0) is 28.5. The van der Waals surface area contributed by atoms with Crippen LogP contribution in [0, 0.1) is 17.8 Å². The Morgan fingerprint density at radius 3 is 2.59 bits per heavy atom. The maximum Gasteiger partial charge on any atom is 0.312 e. The molecule has 212 valence electrons. The summed E-state index contributed by atoms with van der Waals surface area (Å²) in [6.45, 7) is 13.2. The minimum atomic E-state index is -1.24. The van der Waals surface area contributed by atoms with E-state index in [0.29, 0.717) is 36.4 Å². The van der Waals surface area contributed by atoms with Gasteiger partial charge in [0.05, 0.1) is 41.5 Å². The topological polar surface area (TPSA) is 96.4 Å². The van der Waals surface area contributed by atoms with Crippen LogP contribution in [-0.2, 0) is 23.9 Å². The first-order chi connectivity index (χ1) is 18.6. The molecule has 0 aliphatic carbocycles. The number of halogens is 1. The third kappa shape index (κ3) is 4.60. The monoisotopic (exact) mass is 558 g/mol. The Morgan fingerprint density at radius 1 is 1.28 bits per heavy atom. The van der Waals surface area contributed by atoms with Gasteiger partial charge in [-0.25, -0.2) is 0 Å². The summed E-state index contributed by atoms with van der Waals surface area (Å²) in [7, 11) is 0. The molecule has 3 fully saturated rings. The summed E-state index contributed by atoms with van der Waals surface area (Å²) in [6, 6.07) is 5.28. The van der Waals surface area contributed by atoms with Crippen molar-refractivity contribution in [3.63, 3.8) is 0 Å². The molecule has 3 aliphatic rings. The number of anilines is 1. The molecule has 2 amide bonds. The fourth-order valence-corrected chi connectivity index (χ4v) is 7.10. The van der Waals surface area contributed by atoms with E-state index in [0.717, 1.165) is 0 Å². The summed E-state index contributed by atoms with van der Waals surface area (Å²) in [5, 5.41) is 10.8. The number of para-hydroxylation sites is 1. The molecule has 3 saturated heterocycles. The third-order valence-electron chi connectivity index (χ3n) is 8.71. The highest BCUT2D eigenvalue weighted by molar-refractivity contribution is 6.34. The lowest BCUT2D eigenvalue weighted by atomic mass is 9.65. The summed E-state index contributed by atoms with van der Waals surface area (Å²) in [5.41, 5.74) is -1.66. The molecule has 1 aromatic carbocycles. The number of hydrogen-bond donors (Lipinski definition) is 1. The highest BCUT2D eigenvalue weighted by atomic mass is 35.5. The van der Waals surface area contributed by atoms with E-state index >= 15 is 0 Å². The Labute approximate surface area is 235 Å². The number of benzene rings is 1. The van der Waals surface area contributed by atoms with Gasteiger partial charge in [0.15, 0.2) is 0 Å². The number of nitrogens with zero attached hydrogens (tertiary/aromatic N) is 2. The molecule has 4 rings (SSSR count). The maximum atomic E-state index is 14.6. The van der Waals surface area contributed by atoms with Crippen molar-refractivity contribution in [2.24, 2.45) is 17.8 Å². The first-order valence-corrected chi connectivity index (χ1v) is 14.1.